The van der Waals surface area contributed by atoms with E-state index in [1.807, 2.05) is 42.5 Å². The quantitative estimate of drug-likeness (QED) is 0.586. The third kappa shape index (κ3) is 2.44. The SMILES string of the molecule is O=C(O)c1ccc2noc(-c3ccc(-c4ccccc4)cc3)c2c1. The molecule has 4 nitrogen and oxygen atoms in total. The highest BCUT2D eigenvalue weighted by Gasteiger charge is 2.13. The lowest BCUT2D eigenvalue weighted by Crippen LogP contribution is -1.94. The van der Waals surface area contributed by atoms with E-state index in [-0.39, 0.29) is 5.56 Å². The second-order valence-corrected chi connectivity index (χ2v) is 5.49. The summed E-state index contributed by atoms with van der Waals surface area (Å²) in [6.45, 7) is 0. The first kappa shape index (κ1) is 14.2. The molecular weight excluding hydrogens is 302 g/mol. The highest BCUT2D eigenvalue weighted by Crippen LogP contribution is 2.31. The summed E-state index contributed by atoms with van der Waals surface area (Å²) in [5.74, 6) is -0.392. The zero-order valence-corrected chi connectivity index (χ0v) is 12.6. The third-order valence-electron chi connectivity index (χ3n) is 3.98. The van der Waals surface area contributed by atoms with Gasteiger partial charge in [0.25, 0.3) is 0 Å². The van der Waals surface area contributed by atoms with Gasteiger partial charge in [-0.05, 0) is 29.3 Å². The summed E-state index contributed by atoms with van der Waals surface area (Å²) in [5, 5.41) is 13.9. The van der Waals surface area contributed by atoms with Crippen molar-refractivity contribution in [2.45, 2.75) is 0 Å². The van der Waals surface area contributed by atoms with Crippen LogP contribution in [0, 0.1) is 0 Å². The Hall–Kier alpha value is -3.40. The van der Waals surface area contributed by atoms with Crippen molar-refractivity contribution in [3.63, 3.8) is 0 Å². The summed E-state index contributed by atoms with van der Waals surface area (Å²) in [4.78, 5) is 11.2. The minimum absolute atomic E-state index is 0.216. The molecule has 0 aliphatic heterocycles. The van der Waals surface area contributed by atoms with Crippen molar-refractivity contribution in [2.75, 3.05) is 0 Å². The lowest BCUT2D eigenvalue weighted by molar-refractivity contribution is 0.0697. The number of carboxylic acid groups (broad SMARTS) is 1. The Kier molecular flexibility index (Phi) is 3.35. The van der Waals surface area contributed by atoms with Crippen LogP contribution < -0.4 is 0 Å². The van der Waals surface area contributed by atoms with Crippen LogP contribution in [-0.4, -0.2) is 16.2 Å². The summed E-state index contributed by atoms with van der Waals surface area (Å²) in [6.07, 6.45) is 0. The monoisotopic (exact) mass is 315 g/mol. The fourth-order valence-electron chi connectivity index (χ4n) is 2.73. The first-order chi connectivity index (χ1) is 11.7. The Labute approximate surface area is 138 Å². The number of hydrogen-bond acceptors (Lipinski definition) is 3. The van der Waals surface area contributed by atoms with Crippen LogP contribution >= 0.6 is 0 Å². The van der Waals surface area contributed by atoms with Crippen LogP contribution in [0.25, 0.3) is 33.4 Å². The normalized spacial score (nSPS) is 10.8. The molecule has 0 amide bonds. The average molecular weight is 315 g/mol. The summed E-state index contributed by atoms with van der Waals surface area (Å²) in [6, 6.07) is 22.8. The molecule has 0 bridgehead atoms. The number of hydrogen-bond donors (Lipinski definition) is 1. The van der Waals surface area contributed by atoms with Crippen LogP contribution in [0.3, 0.4) is 0 Å². The van der Waals surface area contributed by atoms with E-state index in [1.54, 1.807) is 12.1 Å². The molecule has 0 unspecified atom stereocenters. The number of fused-ring (bicyclic) bond motifs is 1. The van der Waals surface area contributed by atoms with E-state index < -0.39 is 5.97 Å². The van der Waals surface area contributed by atoms with Crippen LogP contribution in [0.4, 0.5) is 0 Å². The van der Waals surface area contributed by atoms with Gasteiger partial charge in [0, 0.05) is 5.56 Å². The molecule has 0 fully saturated rings. The van der Waals surface area contributed by atoms with Gasteiger partial charge in [0.2, 0.25) is 0 Å². The summed E-state index contributed by atoms with van der Waals surface area (Å²) >= 11 is 0. The Morgan fingerprint density at radius 3 is 2.21 bits per heavy atom. The number of carboxylic acids is 1. The Morgan fingerprint density at radius 2 is 1.50 bits per heavy atom. The van der Waals surface area contributed by atoms with Gasteiger partial charge in [0.15, 0.2) is 5.76 Å². The first-order valence-corrected chi connectivity index (χ1v) is 7.51. The highest BCUT2D eigenvalue weighted by atomic mass is 16.5. The average Bonchev–Trinajstić information content (AvgIpc) is 3.06. The molecule has 24 heavy (non-hydrogen) atoms. The predicted molar refractivity (Wildman–Crippen MR) is 91.8 cm³/mol. The van der Waals surface area contributed by atoms with Crippen molar-refractivity contribution in [1.82, 2.24) is 5.16 Å². The van der Waals surface area contributed by atoms with E-state index in [9.17, 15) is 4.79 Å². The maximum atomic E-state index is 11.2. The zero-order chi connectivity index (χ0) is 16.5. The Balaban J connectivity index is 1.77. The van der Waals surface area contributed by atoms with Crippen molar-refractivity contribution < 1.29 is 14.4 Å². The molecule has 0 aliphatic rings. The molecular formula is C20H13NO3. The predicted octanol–water partition coefficient (Wildman–Crippen LogP) is 4.86. The molecule has 0 atom stereocenters. The minimum Gasteiger partial charge on any atom is -0.478 e. The minimum atomic E-state index is -0.969. The Morgan fingerprint density at radius 1 is 0.833 bits per heavy atom. The van der Waals surface area contributed by atoms with Gasteiger partial charge in [0.05, 0.1) is 10.9 Å². The van der Waals surface area contributed by atoms with Crippen molar-refractivity contribution in [2.24, 2.45) is 0 Å². The van der Waals surface area contributed by atoms with Gasteiger partial charge in [-0.15, -0.1) is 0 Å². The maximum Gasteiger partial charge on any atom is 0.335 e. The molecule has 1 heterocycles. The van der Waals surface area contributed by atoms with Gasteiger partial charge in [-0.1, -0.05) is 59.8 Å². The number of benzene rings is 3. The van der Waals surface area contributed by atoms with Crippen LogP contribution in [0.1, 0.15) is 10.4 Å². The molecule has 1 aromatic heterocycles. The second-order valence-electron chi connectivity index (χ2n) is 5.49. The molecule has 4 rings (SSSR count). The number of aromatic nitrogens is 1. The van der Waals surface area contributed by atoms with Gasteiger partial charge >= 0.3 is 5.97 Å². The van der Waals surface area contributed by atoms with Crippen molar-refractivity contribution in [3.8, 4) is 22.5 Å². The van der Waals surface area contributed by atoms with E-state index in [0.717, 1.165) is 16.7 Å². The summed E-state index contributed by atoms with van der Waals surface area (Å²) in [5.41, 5.74) is 3.96. The van der Waals surface area contributed by atoms with Gasteiger partial charge in [0.1, 0.15) is 5.52 Å². The fraction of sp³-hybridized carbons (Fsp3) is 0. The van der Waals surface area contributed by atoms with Crippen molar-refractivity contribution in [3.05, 3.63) is 78.4 Å². The van der Waals surface area contributed by atoms with Gasteiger partial charge < -0.3 is 9.63 Å². The topological polar surface area (TPSA) is 63.3 Å². The van der Waals surface area contributed by atoms with E-state index in [4.69, 9.17) is 9.63 Å². The third-order valence-corrected chi connectivity index (χ3v) is 3.98. The van der Waals surface area contributed by atoms with Crippen LogP contribution in [0.15, 0.2) is 77.3 Å². The zero-order valence-electron chi connectivity index (χ0n) is 12.6. The van der Waals surface area contributed by atoms with Crippen LogP contribution in [0.5, 0.6) is 0 Å². The highest BCUT2D eigenvalue weighted by molar-refractivity contribution is 5.98. The number of aromatic carboxylic acids is 1. The van der Waals surface area contributed by atoms with Crippen molar-refractivity contribution >= 4 is 16.9 Å². The summed E-state index contributed by atoms with van der Waals surface area (Å²) in [7, 11) is 0. The molecule has 0 saturated carbocycles. The summed E-state index contributed by atoms with van der Waals surface area (Å²) < 4.78 is 5.44. The number of carbonyl (C=O) groups is 1. The van der Waals surface area contributed by atoms with Gasteiger partial charge in [-0.25, -0.2) is 4.79 Å². The molecule has 116 valence electrons. The molecule has 3 aromatic carbocycles. The molecule has 0 spiro atoms. The maximum absolute atomic E-state index is 11.2. The standard InChI is InChI=1S/C20H13NO3/c22-20(23)16-10-11-18-17(12-16)19(24-21-18)15-8-6-14(7-9-15)13-4-2-1-3-5-13/h1-12H,(H,22,23). The molecule has 1 N–H and O–H groups in total. The molecule has 0 saturated heterocycles. The molecule has 0 aliphatic carbocycles. The lowest BCUT2D eigenvalue weighted by atomic mass is 10.0. The number of rotatable bonds is 3. The second kappa shape index (κ2) is 5.66. The van der Waals surface area contributed by atoms with Crippen LogP contribution in [0.2, 0.25) is 0 Å². The lowest BCUT2D eigenvalue weighted by Gasteiger charge is -2.03. The molecule has 4 aromatic rings. The first-order valence-electron chi connectivity index (χ1n) is 7.51. The van der Waals surface area contributed by atoms with E-state index in [2.05, 4.69) is 17.3 Å². The van der Waals surface area contributed by atoms with Crippen LogP contribution in [-0.2, 0) is 0 Å². The smallest absolute Gasteiger partial charge is 0.335 e. The van der Waals surface area contributed by atoms with E-state index in [0.29, 0.717) is 16.7 Å². The molecule has 4 heteroatoms. The van der Waals surface area contributed by atoms with Crippen molar-refractivity contribution in [1.29, 1.82) is 0 Å². The van der Waals surface area contributed by atoms with Gasteiger partial charge in [-0.3, -0.25) is 0 Å². The Bertz CT molecular complexity index is 1020. The van der Waals surface area contributed by atoms with E-state index in [1.165, 1.54) is 6.07 Å². The van der Waals surface area contributed by atoms with Gasteiger partial charge in [-0.2, -0.15) is 0 Å². The van der Waals surface area contributed by atoms with E-state index >= 15 is 0 Å². The largest absolute Gasteiger partial charge is 0.478 e. The fourth-order valence-corrected chi connectivity index (χ4v) is 2.73. The number of nitrogens with zero attached hydrogens (tertiary/aromatic N) is 1. The molecule has 0 radical (unpaired) electrons.